The number of hydrogen-bond donors (Lipinski definition) is 1. The van der Waals surface area contributed by atoms with E-state index in [4.69, 9.17) is 5.11 Å². The standard InChI is InChI=1S/C11H16N2OS/c1-13(11-3-5-15-8-11)10-2-4-12-9(6-10)7-14/h2,4,6,11,14H,3,5,7-8H2,1H3. The SMILES string of the molecule is CN(c1ccnc(CO)c1)C1CCSC1. The third kappa shape index (κ3) is 2.44. The fraction of sp³-hybridized carbons (Fsp3) is 0.545. The third-order valence-corrected chi connectivity index (χ3v) is 3.97. The van der Waals surface area contributed by atoms with Crippen LogP contribution in [0.2, 0.25) is 0 Å². The Morgan fingerprint density at radius 1 is 1.67 bits per heavy atom. The number of pyridine rings is 1. The molecule has 0 aromatic carbocycles. The Morgan fingerprint density at radius 3 is 3.20 bits per heavy atom. The fourth-order valence-electron chi connectivity index (χ4n) is 1.81. The second-order valence-corrected chi connectivity index (χ2v) is 4.94. The molecular formula is C11H16N2OS. The van der Waals surface area contributed by atoms with Gasteiger partial charge in [-0.2, -0.15) is 11.8 Å². The average molecular weight is 224 g/mol. The summed E-state index contributed by atoms with van der Waals surface area (Å²) in [6.07, 6.45) is 3.01. The molecular weight excluding hydrogens is 208 g/mol. The monoisotopic (exact) mass is 224 g/mol. The van der Waals surface area contributed by atoms with Crippen LogP contribution >= 0.6 is 11.8 Å². The Balaban J connectivity index is 2.13. The van der Waals surface area contributed by atoms with Gasteiger partial charge in [0.05, 0.1) is 12.3 Å². The summed E-state index contributed by atoms with van der Waals surface area (Å²) >= 11 is 2.01. The zero-order valence-electron chi connectivity index (χ0n) is 8.89. The van der Waals surface area contributed by atoms with E-state index in [1.807, 2.05) is 23.9 Å². The third-order valence-electron chi connectivity index (χ3n) is 2.82. The van der Waals surface area contributed by atoms with Crippen LogP contribution in [0.1, 0.15) is 12.1 Å². The zero-order chi connectivity index (χ0) is 10.7. The minimum atomic E-state index is 0.0150. The summed E-state index contributed by atoms with van der Waals surface area (Å²) in [5, 5.41) is 9.02. The molecule has 1 aliphatic rings. The second-order valence-electron chi connectivity index (χ2n) is 3.79. The van der Waals surface area contributed by atoms with Crippen LogP contribution in [0.4, 0.5) is 5.69 Å². The van der Waals surface area contributed by atoms with E-state index in [-0.39, 0.29) is 6.61 Å². The Hall–Kier alpha value is -0.740. The molecule has 1 unspecified atom stereocenters. The van der Waals surface area contributed by atoms with Gasteiger partial charge in [0, 0.05) is 30.7 Å². The molecule has 4 heteroatoms. The van der Waals surface area contributed by atoms with Crippen LogP contribution in [0.15, 0.2) is 18.3 Å². The molecule has 1 atom stereocenters. The first-order chi connectivity index (χ1) is 7.31. The minimum absolute atomic E-state index is 0.0150. The van der Waals surface area contributed by atoms with Crippen molar-refractivity contribution in [3.8, 4) is 0 Å². The summed E-state index contributed by atoms with van der Waals surface area (Å²) in [6, 6.07) is 4.59. The predicted molar refractivity (Wildman–Crippen MR) is 64.3 cm³/mol. The van der Waals surface area contributed by atoms with Gasteiger partial charge in [0.15, 0.2) is 0 Å². The molecule has 82 valence electrons. The Morgan fingerprint density at radius 2 is 2.53 bits per heavy atom. The highest BCUT2D eigenvalue weighted by Gasteiger charge is 2.20. The van der Waals surface area contributed by atoms with Gasteiger partial charge in [-0.1, -0.05) is 0 Å². The van der Waals surface area contributed by atoms with Crippen molar-refractivity contribution in [3.05, 3.63) is 24.0 Å². The van der Waals surface area contributed by atoms with E-state index < -0.39 is 0 Å². The van der Waals surface area contributed by atoms with Crippen molar-refractivity contribution in [2.24, 2.45) is 0 Å². The summed E-state index contributed by atoms with van der Waals surface area (Å²) in [5.41, 5.74) is 1.89. The van der Waals surface area contributed by atoms with E-state index in [2.05, 4.69) is 16.9 Å². The highest BCUT2D eigenvalue weighted by Crippen LogP contribution is 2.25. The van der Waals surface area contributed by atoms with Gasteiger partial charge in [0.25, 0.3) is 0 Å². The number of aliphatic hydroxyl groups excluding tert-OH is 1. The number of thioether (sulfide) groups is 1. The summed E-state index contributed by atoms with van der Waals surface area (Å²) in [6.45, 7) is 0.0150. The molecule has 3 nitrogen and oxygen atoms in total. The van der Waals surface area contributed by atoms with Crippen LogP contribution in [-0.4, -0.2) is 34.7 Å². The highest BCUT2D eigenvalue weighted by molar-refractivity contribution is 7.99. The lowest BCUT2D eigenvalue weighted by atomic mass is 10.2. The number of aliphatic hydroxyl groups is 1. The molecule has 0 aliphatic carbocycles. The molecule has 2 heterocycles. The molecule has 1 aromatic rings. The normalized spacial score (nSPS) is 20.5. The first-order valence-corrected chi connectivity index (χ1v) is 6.33. The highest BCUT2D eigenvalue weighted by atomic mass is 32.2. The Labute approximate surface area is 94.5 Å². The van der Waals surface area contributed by atoms with Crippen molar-refractivity contribution in [1.82, 2.24) is 4.98 Å². The topological polar surface area (TPSA) is 36.4 Å². The van der Waals surface area contributed by atoms with Gasteiger partial charge in [0.1, 0.15) is 0 Å². The zero-order valence-corrected chi connectivity index (χ0v) is 9.70. The molecule has 1 N–H and O–H groups in total. The minimum Gasteiger partial charge on any atom is -0.390 e. The van der Waals surface area contributed by atoms with Gasteiger partial charge in [-0.05, 0) is 24.3 Å². The van der Waals surface area contributed by atoms with Crippen LogP contribution < -0.4 is 4.90 Å². The van der Waals surface area contributed by atoms with E-state index in [1.54, 1.807) is 6.20 Å². The largest absolute Gasteiger partial charge is 0.390 e. The van der Waals surface area contributed by atoms with E-state index in [1.165, 1.54) is 17.9 Å². The fourth-order valence-corrected chi connectivity index (χ4v) is 3.08. The summed E-state index contributed by atoms with van der Waals surface area (Å²) in [5.74, 6) is 2.46. The lowest BCUT2D eigenvalue weighted by molar-refractivity contribution is 0.277. The summed E-state index contributed by atoms with van der Waals surface area (Å²) in [4.78, 5) is 6.38. The molecule has 0 spiro atoms. The molecule has 1 saturated heterocycles. The van der Waals surface area contributed by atoms with Crippen LogP contribution in [0.3, 0.4) is 0 Å². The van der Waals surface area contributed by atoms with E-state index in [0.717, 1.165) is 11.4 Å². The maximum Gasteiger partial charge on any atom is 0.0853 e. The van der Waals surface area contributed by atoms with Gasteiger partial charge < -0.3 is 10.0 Å². The average Bonchev–Trinajstić information content (AvgIpc) is 2.81. The molecule has 2 rings (SSSR count). The number of rotatable bonds is 3. The molecule has 1 aromatic heterocycles. The van der Waals surface area contributed by atoms with Crippen LogP contribution in [0, 0.1) is 0 Å². The molecule has 0 bridgehead atoms. The first kappa shape index (κ1) is 10.8. The number of hydrogen-bond acceptors (Lipinski definition) is 4. The molecule has 1 fully saturated rings. The lowest BCUT2D eigenvalue weighted by Crippen LogP contribution is -2.31. The Bertz CT molecular complexity index is 326. The number of aromatic nitrogens is 1. The van der Waals surface area contributed by atoms with Crippen molar-refractivity contribution >= 4 is 17.4 Å². The van der Waals surface area contributed by atoms with E-state index in [9.17, 15) is 0 Å². The van der Waals surface area contributed by atoms with Crippen LogP contribution in [0.25, 0.3) is 0 Å². The van der Waals surface area contributed by atoms with Crippen LogP contribution in [-0.2, 0) is 6.61 Å². The van der Waals surface area contributed by atoms with Crippen molar-refractivity contribution < 1.29 is 5.11 Å². The maximum absolute atomic E-state index is 9.02. The van der Waals surface area contributed by atoms with Crippen molar-refractivity contribution in [1.29, 1.82) is 0 Å². The summed E-state index contributed by atoms with van der Waals surface area (Å²) in [7, 11) is 2.12. The molecule has 15 heavy (non-hydrogen) atoms. The van der Waals surface area contributed by atoms with Crippen molar-refractivity contribution in [2.75, 3.05) is 23.5 Å². The summed E-state index contributed by atoms with van der Waals surface area (Å²) < 4.78 is 0. The van der Waals surface area contributed by atoms with Gasteiger partial charge in [-0.3, -0.25) is 4.98 Å². The molecule has 0 radical (unpaired) electrons. The van der Waals surface area contributed by atoms with E-state index in [0.29, 0.717) is 6.04 Å². The quantitative estimate of drug-likeness (QED) is 0.844. The van der Waals surface area contributed by atoms with Gasteiger partial charge in [-0.15, -0.1) is 0 Å². The molecule has 1 aliphatic heterocycles. The maximum atomic E-state index is 9.02. The Kier molecular flexibility index (Phi) is 3.49. The molecule has 0 amide bonds. The van der Waals surface area contributed by atoms with E-state index >= 15 is 0 Å². The lowest BCUT2D eigenvalue weighted by Gasteiger charge is -2.26. The van der Waals surface area contributed by atoms with Crippen LogP contribution in [0.5, 0.6) is 0 Å². The molecule has 0 saturated carbocycles. The van der Waals surface area contributed by atoms with Crippen molar-refractivity contribution in [2.45, 2.75) is 19.1 Å². The predicted octanol–water partition coefficient (Wildman–Crippen LogP) is 1.52. The first-order valence-electron chi connectivity index (χ1n) is 5.17. The second kappa shape index (κ2) is 4.86. The smallest absolute Gasteiger partial charge is 0.0853 e. The van der Waals surface area contributed by atoms with Gasteiger partial charge >= 0.3 is 0 Å². The number of anilines is 1. The van der Waals surface area contributed by atoms with Gasteiger partial charge in [0.2, 0.25) is 0 Å². The van der Waals surface area contributed by atoms with Crippen molar-refractivity contribution in [3.63, 3.8) is 0 Å². The van der Waals surface area contributed by atoms with Gasteiger partial charge in [-0.25, -0.2) is 0 Å². The number of nitrogens with zero attached hydrogens (tertiary/aromatic N) is 2.